The van der Waals surface area contributed by atoms with Crippen LogP contribution in [0.3, 0.4) is 0 Å². The SMILES string of the molecule is CC(C)CC(CN)CCN1CCc2sccc2C1. The van der Waals surface area contributed by atoms with Crippen LogP contribution in [0.25, 0.3) is 0 Å². The maximum Gasteiger partial charge on any atom is 0.0244 e. The Morgan fingerprint density at radius 3 is 3.00 bits per heavy atom. The van der Waals surface area contributed by atoms with Crippen molar-refractivity contribution in [1.82, 2.24) is 4.90 Å². The summed E-state index contributed by atoms with van der Waals surface area (Å²) in [5, 5.41) is 2.23. The molecule has 2 rings (SSSR count). The van der Waals surface area contributed by atoms with Gasteiger partial charge in [0.05, 0.1) is 0 Å². The van der Waals surface area contributed by atoms with Crippen molar-refractivity contribution in [3.05, 3.63) is 21.9 Å². The van der Waals surface area contributed by atoms with Crippen LogP contribution in [0.4, 0.5) is 0 Å². The molecule has 0 aromatic carbocycles. The second-order valence-electron chi connectivity index (χ2n) is 5.92. The van der Waals surface area contributed by atoms with Crippen molar-refractivity contribution in [2.24, 2.45) is 17.6 Å². The Labute approximate surface area is 115 Å². The topological polar surface area (TPSA) is 29.3 Å². The van der Waals surface area contributed by atoms with Gasteiger partial charge in [-0.3, -0.25) is 4.90 Å². The lowest BCUT2D eigenvalue weighted by molar-refractivity contribution is 0.228. The standard InChI is InChI=1S/C15H26N2S/c1-12(2)9-13(10-16)3-6-17-7-4-15-14(11-17)5-8-18-15/h5,8,12-13H,3-4,6-7,9-11,16H2,1-2H3. The van der Waals surface area contributed by atoms with Gasteiger partial charge >= 0.3 is 0 Å². The van der Waals surface area contributed by atoms with Gasteiger partial charge in [-0.25, -0.2) is 0 Å². The molecule has 2 heterocycles. The fraction of sp³-hybridized carbons (Fsp3) is 0.733. The third kappa shape index (κ3) is 3.81. The number of nitrogens with two attached hydrogens (primary N) is 1. The van der Waals surface area contributed by atoms with Gasteiger partial charge in [-0.05, 0) is 61.2 Å². The molecule has 0 saturated carbocycles. The molecule has 18 heavy (non-hydrogen) atoms. The van der Waals surface area contributed by atoms with E-state index in [2.05, 4.69) is 30.2 Å². The van der Waals surface area contributed by atoms with Crippen molar-refractivity contribution in [1.29, 1.82) is 0 Å². The molecular formula is C15H26N2S. The van der Waals surface area contributed by atoms with Gasteiger partial charge in [0, 0.05) is 18.0 Å². The summed E-state index contributed by atoms with van der Waals surface area (Å²) in [6, 6.07) is 2.29. The number of hydrogen-bond acceptors (Lipinski definition) is 3. The minimum absolute atomic E-state index is 0.703. The Balaban J connectivity index is 1.77. The summed E-state index contributed by atoms with van der Waals surface area (Å²) in [4.78, 5) is 4.20. The monoisotopic (exact) mass is 266 g/mol. The van der Waals surface area contributed by atoms with E-state index in [1.807, 2.05) is 11.3 Å². The minimum Gasteiger partial charge on any atom is -0.330 e. The summed E-state index contributed by atoms with van der Waals surface area (Å²) >= 11 is 1.92. The lowest BCUT2D eigenvalue weighted by Crippen LogP contribution is -2.32. The van der Waals surface area contributed by atoms with Crippen molar-refractivity contribution in [3.8, 4) is 0 Å². The van der Waals surface area contributed by atoms with Crippen LogP contribution in [0, 0.1) is 11.8 Å². The van der Waals surface area contributed by atoms with Gasteiger partial charge < -0.3 is 5.73 Å². The molecular weight excluding hydrogens is 240 g/mol. The third-order valence-corrected chi connectivity index (χ3v) is 4.90. The predicted molar refractivity (Wildman–Crippen MR) is 79.9 cm³/mol. The molecule has 0 fully saturated rings. The molecule has 2 nitrogen and oxygen atoms in total. The molecule has 0 bridgehead atoms. The van der Waals surface area contributed by atoms with Gasteiger partial charge in [0.25, 0.3) is 0 Å². The number of nitrogens with zero attached hydrogens (tertiary/aromatic N) is 1. The van der Waals surface area contributed by atoms with Crippen LogP contribution in [0.5, 0.6) is 0 Å². The van der Waals surface area contributed by atoms with Crippen LogP contribution >= 0.6 is 11.3 Å². The second-order valence-corrected chi connectivity index (χ2v) is 6.92. The van der Waals surface area contributed by atoms with Crippen LogP contribution < -0.4 is 5.73 Å². The highest BCUT2D eigenvalue weighted by atomic mass is 32.1. The molecule has 0 saturated heterocycles. The van der Waals surface area contributed by atoms with Gasteiger partial charge in [0.2, 0.25) is 0 Å². The van der Waals surface area contributed by atoms with Crippen LogP contribution in [0.1, 0.15) is 37.1 Å². The highest BCUT2D eigenvalue weighted by Crippen LogP contribution is 2.24. The van der Waals surface area contributed by atoms with Gasteiger partial charge in [0.15, 0.2) is 0 Å². The summed E-state index contributed by atoms with van der Waals surface area (Å²) in [5.74, 6) is 1.47. The summed E-state index contributed by atoms with van der Waals surface area (Å²) in [6.07, 6.45) is 3.77. The summed E-state index contributed by atoms with van der Waals surface area (Å²) < 4.78 is 0. The summed E-state index contributed by atoms with van der Waals surface area (Å²) in [6.45, 7) is 9.02. The average molecular weight is 266 g/mol. The van der Waals surface area contributed by atoms with Crippen molar-refractivity contribution in [2.45, 2.75) is 39.7 Å². The highest BCUT2D eigenvalue weighted by molar-refractivity contribution is 7.10. The molecule has 1 aliphatic rings. The van der Waals surface area contributed by atoms with E-state index >= 15 is 0 Å². The molecule has 1 aliphatic heterocycles. The smallest absolute Gasteiger partial charge is 0.0244 e. The maximum absolute atomic E-state index is 5.88. The normalized spacial score (nSPS) is 18.0. The van der Waals surface area contributed by atoms with E-state index in [4.69, 9.17) is 5.73 Å². The maximum atomic E-state index is 5.88. The molecule has 0 radical (unpaired) electrons. The van der Waals surface area contributed by atoms with Gasteiger partial charge in [-0.15, -0.1) is 11.3 Å². The molecule has 0 spiro atoms. The molecule has 1 atom stereocenters. The molecule has 2 N–H and O–H groups in total. The van der Waals surface area contributed by atoms with Crippen molar-refractivity contribution < 1.29 is 0 Å². The number of thiophene rings is 1. The van der Waals surface area contributed by atoms with E-state index in [1.54, 1.807) is 10.4 Å². The van der Waals surface area contributed by atoms with Crippen LogP contribution in [0.15, 0.2) is 11.4 Å². The number of hydrogen-bond donors (Lipinski definition) is 1. The fourth-order valence-corrected chi connectivity index (χ4v) is 3.75. The van der Waals surface area contributed by atoms with E-state index in [0.717, 1.165) is 19.0 Å². The molecule has 1 aromatic heterocycles. The highest BCUT2D eigenvalue weighted by Gasteiger charge is 2.18. The first-order valence-electron chi connectivity index (χ1n) is 7.16. The molecule has 1 unspecified atom stereocenters. The zero-order valence-electron chi connectivity index (χ0n) is 11.7. The lowest BCUT2D eigenvalue weighted by Gasteiger charge is -2.28. The number of fused-ring (bicyclic) bond motifs is 1. The van der Waals surface area contributed by atoms with Crippen LogP contribution in [0.2, 0.25) is 0 Å². The minimum atomic E-state index is 0.703. The van der Waals surface area contributed by atoms with E-state index in [1.165, 1.54) is 32.4 Å². The zero-order valence-corrected chi connectivity index (χ0v) is 12.5. The fourth-order valence-electron chi connectivity index (χ4n) is 2.86. The Bertz CT molecular complexity index is 359. The largest absolute Gasteiger partial charge is 0.330 e. The average Bonchev–Trinajstić information content (AvgIpc) is 2.81. The van der Waals surface area contributed by atoms with Crippen molar-refractivity contribution in [2.75, 3.05) is 19.6 Å². The Hall–Kier alpha value is -0.380. The summed E-state index contributed by atoms with van der Waals surface area (Å²) in [5.41, 5.74) is 7.43. The first kappa shape index (κ1) is 14.0. The number of rotatable bonds is 6. The Kier molecular flexibility index (Phi) is 5.22. The predicted octanol–water partition coefficient (Wildman–Crippen LogP) is 3.12. The lowest BCUT2D eigenvalue weighted by atomic mass is 9.94. The second kappa shape index (κ2) is 6.69. The van der Waals surface area contributed by atoms with E-state index in [9.17, 15) is 0 Å². The van der Waals surface area contributed by atoms with E-state index in [-0.39, 0.29) is 0 Å². The van der Waals surface area contributed by atoms with Crippen LogP contribution in [-0.4, -0.2) is 24.5 Å². The first-order chi connectivity index (χ1) is 8.69. The van der Waals surface area contributed by atoms with Gasteiger partial charge in [-0.2, -0.15) is 0 Å². The Morgan fingerprint density at radius 1 is 1.44 bits per heavy atom. The van der Waals surface area contributed by atoms with Gasteiger partial charge in [0.1, 0.15) is 0 Å². The van der Waals surface area contributed by atoms with Gasteiger partial charge in [-0.1, -0.05) is 13.8 Å². The zero-order chi connectivity index (χ0) is 13.0. The molecule has 102 valence electrons. The quantitative estimate of drug-likeness (QED) is 0.857. The van der Waals surface area contributed by atoms with E-state index in [0.29, 0.717) is 5.92 Å². The van der Waals surface area contributed by atoms with Crippen molar-refractivity contribution in [3.63, 3.8) is 0 Å². The van der Waals surface area contributed by atoms with E-state index < -0.39 is 0 Å². The molecule has 3 heteroatoms. The Morgan fingerprint density at radius 2 is 2.28 bits per heavy atom. The first-order valence-corrected chi connectivity index (χ1v) is 8.04. The van der Waals surface area contributed by atoms with Crippen molar-refractivity contribution >= 4 is 11.3 Å². The molecule has 1 aromatic rings. The van der Waals surface area contributed by atoms with Crippen LogP contribution in [-0.2, 0) is 13.0 Å². The third-order valence-electron chi connectivity index (χ3n) is 3.88. The molecule has 0 amide bonds. The summed E-state index contributed by atoms with van der Waals surface area (Å²) in [7, 11) is 0. The molecule has 0 aliphatic carbocycles.